The van der Waals surface area contributed by atoms with E-state index in [-0.39, 0.29) is 12.5 Å². The molecule has 0 saturated heterocycles. The molecule has 0 aliphatic heterocycles. The van der Waals surface area contributed by atoms with Gasteiger partial charge in [-0.15, -0.1) is 0 Å². The lowest BCUT2D eigenvalue weighted by molar-refractivity contribution is -0.128. The topological polar surface area (TPSA) is 38.3 Å². The predicted molar refractivity (Wildman–Crippen MR) is 75.9 cm³/mol. The highest BCUT2D eigenvalue weighted by atomic mass is 32.2. The van der Waals surface area contributed by atoms with E-state index in [4.69, 9.17) is 4.74 Å². The first kappa shape index (κ1) is 14.2. The highest BCUT2D eigenvalue weighted by molar-refractivity contribution is 7.99. The lowest BCUT2D eigenvalue weighted by atomic mass is 9.95. The Hall–Kier alpha value is -0.220. The van der Waals surface area contributed by atoms with Gasteiger partial charge in [-0.1, -0.05) is 25.7 Å². The van der Waals surface area contributed by atoms with Gasteiger partial charge in [-0.05, 0) is 31.9 Å². The lowest BCUT2D eigenvalue weighted by Crippen LogP contribution is -2.45. The Morgan fingerprint density at radius 1 is 1.17 bits per heavy atom. The molecule has 0 aromatic rings. The maximum atomic E-state index is 11.9. The third-order valence-corrected chi connectivity index (χ3v) is 5.27. The summed E-state index contributed by atoms with van der Waals surface area (Å²) in [5.74, 6) is 0.0767. The van der Waals surface area contributed by atoms with Crippen LogP contribution in [-0.4, -0.2) is 36.2 Å². The third kappa shape index (κ3) is 4.16. The second kappa shape index (κ2) is 7.39. The van der Waals surface area contributed by atoms with E-state index in [9.17, 15) is 4.79 Å². The summed E-state index contributed by atoms with van der Waals surface area (Å²) in [6.07, 6.45) is 12.1. The molecule has 104 valence electrons. The normalized spacial score (nSPS) is 29.4. The summed E-state index contributed by atoms with van der Waals surface area (Å²) in [6, 6.07) is 0.355. The van der Waals surface area contributed by atoms with Gasteiger partial charge in [0.15, 0.2) is 0 Å². The number of carbonyl (C=O) groups is 1. The monoisotopic (exact) mass is 271 g/mol. The molecule has 0 radical (unpaired) electrons. The maximum absolute atomic E-state index is 11.9. The van der Waals surface area contributed by atoms with Crippen molar-refractivity contribution in [1.29, 1.82) is 0 Å². The van der Waals surface area contributed by atoms with Crippen molar-refractivity contribution in [3.63, 3.8) is 0 Å². The fourth-order valence-corrected chi connectivity index (χ4v) is 3.98. The van der Waals surface area contributed by atoms with Gasteiger partial charge in [-0.3, -0.25) is 4.79 Å². The van der Waals surface area contributed by atoms with Gasteiger partial charge in [0, 0.05) is 11.3 Å². The van der Waals surface area contributed by atoms with E-state index in [1.165, 1.54) is 32.1 Å². The zero-order valence-electron chi connectivity index (χ0n) is 11.3. The van der Waals surface area contributed by atoms with Gasteiger partial charge in [0.2, 0.25) is 5.91 Å². The number of nitrogens with one attached hydrogen (secondary N) is 1. The number of ether oxygens (including phenoxy) is 1. The molecule has 0 aromatic heterocycles. The summed E-state index contributed by atoms with van der Waals surface area (Å²) < 4.78 is 5.66. The summed E-state index contributed by atoms with van der Waals surface area (Å²) in [7, 11) is 0. The van der Waals surface area contributed by atoms with Crippen LogP contribution in [0.25, 0.3) is 0 Å². The van der Waals surface area contributed by atoms with Crippen LogP contribution in [-0.2, 0) is 9.53 Å². The van der Waals surface area contributed by atoms with Crippen LogP contribution in [0.5, 0.6) is 0 Å². The SMILES string of the molecule is CS[C@@H]1CCCC[C@@H]1NC(=O)COC1CCCC1. The molecule has 0 bridgehead atoms. The summed E-state index contributed by atoms with van der Waals surface area (Å²) in [4.78, 5) is 11.9. The first-order chi connectivity index (χ1) is 8.79. The van der Waals surface area contributed by atoms with Crippen molar-refractivity contribution in [3.05, 3.63) is 0 Å². The Kier molecular flexibility index (Phi) is 5.83. The Bertz CT molecular complexity index is 267. The summed E-state index contributed by atoms with van der Waals surface area (Å²) in [5.41, 5.74) is 0. The van der Waals surface area contributed by atoms with Crippen molar-refractivity contribution >= 4 is 17.7 Å². The van der Waals surface area contributed by atoms with Gasteiger partial charge in [0.25, 0.3) is 0 Å². The molecule has 0 unspecified atom stereocenters. The Morgan fingerprint density at radius 3 is 2.56 bits per heavy atom. The van der Waals surface area contributed by atoms with Crippen LogP contribution in [0.15, 0.2) is 0 Å². The number of amides is 1. The average Bonchev–Trinajstić information content (AvgIpc) is 2.90. The van der Waals surface area contributed by atoms with E-state index in [2.05, 4.69) is 11.6 Å². The number of rotatable bonds is 5. The minimum atomic E-state index is 0.0767. The molecule has 0 heterocycles. The molecule has 4 heteroatoms. The molecule has 1 N–H and O–H groups in total. The number of carbonyl (C=O) groups excluding carboxylic acids is 1. The van der Waals surface area contributed by atoms with Crippen LogP contribution in [0.2, 0.25) is 0 Å². The van der Waals surface area contributed by atoms with Crippen LogP contribution in [0.4, 0.5) is 0 Å². The van der Waals surface area contributed by atoms with Crippen LogP contribution >= 0.6 is 11.8 Å². The van der Waals surface area contributed by atoms with Gasteiger partial charge in [-0.25, -0.2) is 0 Å². The minimum absolute atomic E-state index is 0.0767. The quantitative estimate of drug-likeness (QED) is 0.835. The van der Waals surface area contributed by atoms with Crippen LogP contribution < -0.4 is 5.32 Å². The number of thioether (sulfide) groups is 1. The molecule has 2 aliphatic carbocycles. The van der Waals surface area contributed by atoms with Crippen molar-refractivity contribution < 1.29 is 9.53 Å². The fraction of sp³-hybridized carbons (Fsp3) is 0.929. The molecule has 2 fully saturated rings. The molecule has 3 nitrogen and oxygen atoms in total. The molecular formula is C14H25NO2S. The maximum Gasteiger partial charge on any atom is 0.246 e. The van der Waals surface area contributed by atoms with E-state index in [1.54, 1.807) is 0 Å². The summed E-state index contributed by atoms with van der Waals surface area (Å²) >= 11 is 1.88. The Morgan fingerprint density at radius 2 is 1.83 bits per heavy atom. The van der Waals surface area contributed by atoms with Crippen molar-refractivity contribution in [1.82, 2.24) is 5.32 Å². The zero-order valence-corrected chi connectivity index (χ0v) is 12.1. The zero-order chi connectivity index (χ0) is 12.8. The van der Waals surface area contributed by atoms with Crippen LogP contribution in [0, 0.1) is 0 Å². The molecule has 2 saturated carbocycles. The lowest BCUT2D eigenvalue weighted by Gasteiger charge is -2.31. The molecular weight excluding hydrogens is 246 g/mol. The minimum Gasteiger partial charge on any atom is -0.368 e. The van der Waals surface area contributed by atoms with Gasteiger partial charge in [0.05, 0.1) is 6.10 Å². The second-order valence-corrected chi connectivity index (χ2v) is 6.53. The highest BCUT2D eigenvalue weighted by Crippen LogP contribution is 2.27. The van der Waals surface area contributed by atoms with Crippen molar-refractivity contribution in [2.45, 2.75) is 68.8 Å². The highest BCUT2D eigenvalue weighted by Gasteiger charge is 2.26. The van der Waals surface area contributed by atoms with Crippen LogP contribution in [0.1, 0.15) is 51.4 Å². The van der Waals surface area contributed by atoms with E-state index in [0.29, 0.717) is 17.4 Å². The van der Waals surface area contributed by atoms with Crippen molar-refractivity contribution in [3.8, 4) is 0 Å². The van der Waals surface area contributed by atoms with E-state index in [0.717, 1.165) is 19.3 Å². The number of hydrogen-bond acceptors (Lipinski definition) is 3. The van der Waals surface area contributed by atoms with Crippen molar-refractivity contribution in [2.75, 3.05) is 12.9 Å². The molecule has 2 atom stereocenters. The smallest absolute Gasteiger partial charge is 0.246 e. The van der Waals surface area contributed by atoms with Gasteiger partial charge < -0.3 is 10.1 Å². The first-order valence-corrected chi connectivity index (χ1v) is 8.52. The van der Waals surface area contributed by atoms with E-state index in [1.807, 2.05) is 11.8 Å². The molecule has 2 aliphatic rings. The molecule has 0 aromatic carbocycles. The summed E-state index contributed by atoms with van der Waals surface area (Å²) in [5, 5.41) is 3.75. The summed E-state index contributed by atoms with van der Waals surface area (Å²) in [6.45, 7) is 0.252. The molecule has 18 heavy (non-hydrogen) atoms. The molecule has 0 spiro atoms. The van der Waals surface area contributed by atoms with Gasteiger partial charge in [0.1, 0.15) is 6.61 Å². The largest absolute Gasteiger partial charge is 0.368 e. The van der Waals surface area contributed by atoms with E-state index < -0.39 is 0 Å². The fourth-order valence-electron chi connectivity index (χ4n) is 3.04. The molecule has 2 rings (SSSR count). The van der Waals surface area contributed by atoms with Gasteiger partial charge in [-0.2, -0.15) is 11.8 Å². The van der Waals surface area contributed by atoms with Gasteiger partial charge >= 0.3 is 0 Å². The van der Waals surface area contributed by atoms with Crippen LogP contribution in [0.3, 0.4) is 0 Å². The van der Waals surface area contributed by atoms with Crippen molar-refractivity contribution in [2.24, 2.45) is 0 Å². The predicted octanol–water partition coefficient (Wildman–Crippen LogP) is 2.74. The Balaban J connectivity index is 1.68. The van der Waals surface area contributed by atoms with E-state index >= 15 is 0 Å². The second-order valence-electron chi connectivity index (χ2n) is 5.45. The molecule has 1 amide bonds. The Labute approximate surface area is 114 Å². The number of hydrogen-bond donors (Lipinski definition) is 1. The average molecular weight is 271 g/mol. The third-order valence-electron chi connectivity index (χ3n) is 4.10. The standard InChI is InChI=1S/C14H25NO2S/c1-18-13-9-5-4-8-12(13)15-14(16)10-17-11-6-2-3-7-11/h11-13H,2-10H2,1H3,(H,15,16)/t12-,13+/m0/s1. The first-order valence-electron chi connectivity index (χ1n) is 7.23.